The van der Waals surface area contributed by atoms with Crippen LogP contribution in [0.4, 0.5) is 0 Å². The summed E-state index contributed by atoms with van der Waals surface area (Å²) in [5, 5.41) is 33.1. The number of carbonyl (C=O) groups excluding carboxylic acids is 2. The van der Waals surface area contributed by atoms with Crippen LogP contribution in [0.2, 0.25) is 0 Å². The SMILES string of the molecule is C=CCCCCC(=O)N(CCCCCC)[C@@H]1CC(C(=O)NCCO)=C[C@H](Oc2c(I)cc(CO)cc2OC)[C@H]1O. The van der Waals surface area contributed by atoms with Crippen LogP contribution in [0, 0.1) is 3.57 Å². The van der Waals surface area contributed by atoms with E-state index in [4.69, 9.17) is 9.47 Å². The van der Waals surface area contributed by atoms with Gasteiger partial charge in [-0.1, -0.05) is 32.3 Å². The number of hydrogen-bond acceptors (Lipinski definition) is 7. The van der Waals surface area contributed by atoms with Gasteiger partial charge >= 0.3 is 0 Å². The van der Waals surface area contributed by atoms with Gasteiger partial charge in [-0.15, -0.1) is 6.58 Å². The summed E-state index contributed by atoms with van der Waals surface area (Å²) in [5.41, 5.74) is 1.03. The summed E-state index contributed by atoms with van der Waals surface area (Å²) in [7, 11) is 1.49. The van der Waals surface area contributed by atoms with Crippen molar-refractivity contribution in [1.82, 2.24) is 10.2 Å². The summed E-state index contributed by atoms with van der Waals surface area (Å²) in [6.07, 6.45) is 8.18. The van der Waals surface area contributed by atoms with Crippen molar-refractivity contribution < 1.29 is 34.4 Å². The molecule has 0 unspecified atom stereocenters. The van der Waals surface area contributed by atoms with Crippen molar-refractivity contribution in [2.24, 2.45) is 0 Å². The van der Waals surface area contributed by atoms with Crippen LogP contribution in [0.1, 0.15) is 70.3 Å². The molecule has 40 heavy (non-hydrogen) atoms. The monoisotopic (exact) mass is 672 g/mol. The zero-order valence-corrected chi connectivity index (χ0v) is 25.9. The first-order valence-electron chi connectivity index (χ1n) is 14.1. The number of aliphatic hydroxyl groups excluding tert-OH is 3. The maximum Gasteiger partial charge on any atom is 0.247 e. The second kappa shape index (κ2) is 18.3. The van der Waals surface area contributed by atoms with Crippen molar-refractivity contribution >= 4 is 34.4 Å². The number of benzene rings is 1. The predicted octanol–water partition coefficient (Wildman–Crippen LogP) is 3.86. The van der Waals surface area contributed by atoms with Crippen LogP contribution in [0.3, 0.4) is 0 Å². The Morgan fingerprint density at radius 2 is 1.98 bits per heavy atom. The average Bonchev–Trinajstić information content (AvgIpc) is 2.95. The molecule has 0 heterocycles. The second-order valence-corrected chi connectivity index (χ2v) is 11.1. The van der Waals surface area contributed by atoms with E-state index >= 15 is 0 Å². The Hall–Kier alpha value is -2.15. The molecule has 9 nitrogen and oxygen atoms in total. The number of ether oxygens (including phenoxy) is 2. The van der Waals surface area contributed by atoms with Gasteiger partial charge in [0.05, 0.1) is 29.9 Å². The smallest absolute Gasteiger partial charge is 0.247 e. The van der Waals surface area contributed by atoms with Crippen LogP contribution >= 0.6 is 22.6 Å². The molecule has 0 aromatic heterocycles. The number of aliphatic hydroxyl groups is 3. The third-order valence-corrected chi connectivity index (χ3v) is 7.76. The number of halogens is 1. The minimum absolute atomic E-state index is 0.0557. The minimum atomic E-state index is -1.10. The molecule has 0 spiro atoms. The quantitative estimate of drug-likeness (QED) is 0.106. The number of allylic oxidation sites excluding steroid dienone is 1. The molecule has 1 aliphatic carbocycles. The van der Waals surface area contributed by atoms with E-state index in [-0.39, 0.29) is 38.0 Å². The lowest BCUT2D eigenvalue weighted by Gasteiger charge is -2.41. The second-order valence-electron chi connectivity index (χ2n) is 9.97. The molecule has 0 aliphatic heterocycles. The van der Waals surface area contributed by atoms with Crippen LogP contribution in [0.5, 0.6) is 11.5 Å². The van der Waals surface area contributed by atoms with Crippen LogP contribution in [0.15, 0.2) is 36.4 Å². The van der Waals surface area contributed by atoms with E-state index in [1.807, 2.05) is 6.08 Å². The fourth-order valence-electron chi connectivity index (χ4n) is 4.79. The fraction of sp³-hybridized carbons (Fsp3) is 0.600. The summed E-state index contributed by atoms with van der Waals surface area (Å²) in [6, 6.07) is 2.75. The third-order valence-electron chi connectivity index (χ3n) is 6.96. The average molecular weight is 673 g/mol. The molecule has 10 heteroatoms. The fourth-order valence-corrected chi connectivity index (χ4v) is 5.58. The highest BCUT2D eigenvalue weighted by Crippen LogP contribution is 2.37. The molecule has 1 aromatic carbocycles. The number of carbonyl (C=O) groups is 2. The van der Waals surface area contributed by atoms with Crippen molar-refractivity contribution in [3.63, 3.8) is 0 Å². The normalized spacial score (nSPS) is 18.6. The first-order chi connectivity index (χ1) is 19.3. The standard InChI is InChI=1S/C30H45IN2O7/c1-4-6-8-10-12-27(36)33(14-11-9-7-5-2)24-18-22(30(38)32-13-15-34)19-25(28(24)37)40-29-23(31)16-21(20-35)17-26(29)39-3/h4,16-17,19,24-25,28,34-35,37H,1,5-15,18,20H2,2-3H3,(H,32,38)/t24-,25+,28+/m1/s1. The predicted molar refractivity (Wildman–Crippen MR) is 163 cm³/mol. The van der Waals surface area contributed by atoms with E-state index < -0.39 is 18.2 Å². The number of nitrogens with one attached hydrogen (secondary N) is 1. The van der Waals surface area contributed by atoms with Crippen molar-refractivity contribution in [3.8, 4) is 11.5 Å². The highest BCUT2D eigenvalue weighted by atomic mass is 127. The van der Waals surface area contributed by atoms with E-state index in [1.54, 1.807) is 23.1 Å². The van der Waals surface area contributed by atoms with Gasteiger partial charge in [0.15, 0.2) is 11.5 Å². The summed E-state index contributed by atoms with van der Waals surface area (Å²) in [4.78, 5) is 28.3. The first kappa shape index (κ1) is 34.1. The molecule has 0 radical (unpaired) electrons. The van der Waals surface area contributed by atoms with Crippen molar-refractivity contribution in [2.75, 3.05) is 26.8 Å². The van der Waals surface area contributed by atoms with E-state index in [2.05, 4.69) is 41.4 Å². The Kier molecular flexibility index (Phi) is 15.6. The molecule has 0 saturated carbocycles. The topological polar surface area (TPSA) is 129 Å². The molecule has 1 aliphatic rings. The highest BCUT2D eigenvalue weighted by Gasteiger charge is 2.40. The van der Waals surface area contributed by atoms with Gasteiger partial charge in [0.1, 0.15) is 12.2 Å². The number of rotatable bonds is 18. The number of unbranched alkanes of at least 4 members (excludes halogenated alkanes) is 5. The number of nitrogens with zero attached hydrogens (tertiary/aromatic N) is 1. The Morgan fingerprint density at radius 1 is 1.20 bits per heavy atom. The molecular formula is C30H45IN2O7. The zero-order valence-electron chi connectivity index (χ0n) is 23.7. The molecule has 2 rings (SSSR count). The molecule has 4 N–H and O–H groups in total. The molecule has 0 bridgehead atoms. The summed E-state index contributed by atoms with van der Waals surface area (Å²) >= 11 is 2.08. The van der Waals surface area contributed by atoms with E-state index in [0.29, 0.717) is 45.6 Å². The van der Waals surface area contributed by atoms with Gasteiger partial charge in [-0.2, -0.15) is 0 Å². The summed E-state index contributed by atoms with van der Waals surface area (Å²) in [5.74, 6) is 0.335. The van der Waals surface area contributed by atoms with Crippen LogP contribution in [-0.2, 0) is 16.2 Å². The molecular weight excluding hydrogens is 627 g/mol. The van der Waals surface area contributed by atoms with Crippen molar-refractivity contribution in [3.05, 3.63) is 45.6 Å². The lowest BCUT2D eigenvalue weighted by Crippen LogP contribution is -2.55. The lowest BCUT2D eigenvalue weighted by atomic mass is 9.87. The Balaban J connectivity index is 2.43. The van der Waals surface area contributed by atoms with Crippen LogP contribution < -0.4 is 14.8 Å². The van der Waals surface area contributed by atoms with Gasteiger partial charge < -0.3 is 35.0 Å². The van der Waals surface area contributed by atoms with Gasteiger partial charge in [0.2, 0.25) is 11.8 Å². The number of hydrogen-bond donors (Lipinski definition) is 4. The molecule has 224 valence electrons. The summed E-state index contributed by atoms with van der Waals surface area (Å²) in [6.45, 7) is 6.07. The van der Waals surface area contributed by atoms with Gasteiger partial charge in [-0.3, -0.25) is 9.59 Å². The van der Waals surface area contributed by atoms with Crippen LogP contribution in [-0.4, -0.2) is 77.1 Å². The number of amides is 2. The maximum absolute atomic E-state index is 13.5. The molecule has 0 saturated heterocycles. The maximum atomic E-state index is 13.5. The van der Waals surface area contributed by atoms with Crippen molar-refractivity contribution in [1.29, 1.82) is 0 Å². The van der Waals surface area contributed by atoms with Crippen LogP contribution in [0.25, 0.3) is 0 Å². The van der Waals surface area contributed by atoms with Gasteiger partial charge in [0.25, 0.3) is 0 Å². The highest BCUT2D eigenvalue weighted by molar-refractivity contribution is 14.1. The first-order valence-corrected chi connectivity index (χ1v) is 15.2. The molecule has 3 atom stereocenters. The van der Waals surface area contributed by atoms with Gasteiger partial charge in [-0.25, -0.2) is 0 Å². The molecule has 0 fully saturated rings. The summed E-state index contributed by atoms with van der Waals surface area (Å²) < 4.78 is 12.5. The largest absolute Gasteiger partial charge is 0.493 e. The minimum Gasteiger partial charge on any atom is -0.493 e. The van der Waals surface area contributed by atoms with Gasteiger partial charge in [0, 0.05) is 31.5 Å². The number of methoxy groups -OCH3 is 1. The van der Waals surface area contributed by atoms with Crippen molar-refractivity contribution in [2.45, 2.75) is 89.6 Å². The Morgan fingerprint density at radius 3 is 2.62 bits per heavy atom. The van der Waals surface area contributed by atoms with E-state index in [9.17, 15) is 24.9 Å². The molecule has 2 amide bonds. The Labute approximate surface area is 251 Å². The molecule has 1 aromatic rings. The van der Waals surface area contributed by atoms with E-state index in [1.165, 1.54) is 7.11 Å². The lowest BCUT2D eigenvalue weighted by molar-refractivity contribution is -0.138. The van der Waals surface area contributed by atoms with E-state index in [0.717, 1.165) is 38.5 Å². The van der Waals surface area contributed by atoms with Gasteiger partial charge in [-0.05, 0) is 72.0 Å². The zero-order chi connectivity index (χ0) is 29.5. The third kappa shape index (κ3) is 10.0. The Bertz CT molecular complexity index is 1000.